The molecule has 1 aromatic rings. The van der Waals surface area contributed by atoms with Crippen molar-refractivity contribution >= 4 is 23.9 Å². The number of carboxylic acids is 3. The number of rotatable bonds is 11. The molecule has 2 saturated heterocycles. The van der Waals surface area contributed by atoms with Crippen LogP contribution < -0.4 is 0 Å². The van der Waals surface area contributed by atoms with Crippen LogP contribution in [0.2, 0.25) is 0 Å². The van der Waals surface area contributed by atoms with Gasteiger partial charge >= 0.3 is 23.9 Å². The van der Waals surface area contributed by atoms with Crippen molar-refractivity contribution in [2.75, 3.05) is 0 Å². The maximum Gasteiger partial charge on any atom is 0.342 e. The second-order valence-corrected chi connectivity index (χ2v) is 9.53. The molecule has 0 spiro atoms. The van der Waals surface area contributed by atoms with Crippen molar-refractivity contribution in [1.82, 2.24) is 0 Å². The number of ether oxygens (including phenoxy) is 3. The standard InChI is InChI=1S/C25H30O12/c1-13(18(35-15(3)26)14(2)11-16-7-5-4-6-8-16)9-10-24-17(27)12-23(37-24,21(30)31)25(34,22(32)33)19(36-24)20(28)29/h4-8,14,17-19,27,34H,1,9-12H2,2-3H3,(H,28,29)(H,30,31)(H,32,33)/t14?,17-,18?,19-,23+,24+,25-/m1/s1. The zero-order valence-electron chi connectivity index (χ0n) is 20.3. The summed E-state index contributed by atoms with van der Waals surface area (Å²) in [6.07, 6.45) is -6.04. The lowest BCUT2D eigenvalue weighted by molar-refractivity contribution is -0.372. The molecule has 2 fully saturated rings. The number of fused-ring (bicyclic) bond motifs is 2. The van der Waals surface area contributed by atoms with Gasteiger partial charge in [0.1, 0.15) is 12.2 Å². The number of hydrogen-bond acceptors (Lipinski definition) is 9. The van der Waals surface area contributed by atoms with Gasteiger partial charge in [-0.15, -0.1) is 0 Å². The minimum absolute atomic E-state index is 0.0817. The number of carboxylic acid groups (broad SMARTS) is 3. The van der Waals surface area contributed by atoms with E-state index in [1.807, 2.05) is 37.3 Å². The number of hydrogen-bond donors (Lipinski definition) is 5. The second-order valence-electron chi connectivity index (χ2n) is 9.53. The molecule has 2 unspecified atom stereocenters. The maximum atomic E-state index is 12.2. The van der Waals surface area contributed by atoms with Crippen molar-refractivity contribution in [2.24, 2.45) is 5.92 Å². The lowest BCUT2D eigenvalue weighted by Gasteiger charge is -2.48. The summed E-state index contributed by atoms with van der Waals surface area (Å²) in [5.74, 6) is -9.22. The fourth-order valence-electron chi connectivity index (χ4n) is 5.10. The SMILES string of the molecule is C=C(CC[C@@]12O[C@H](C(=O)O)[C@@](O)(C(=O)O)[C@@](C(=O)O)(C[C@H]1O)O2)C(OC(C)=O)C(C)Cc1ccccc1. The van der Waals surface area contributed by atoms with E-state index in [1.54, 1.807) is 0 Å². The van der Waals surface area contributed by atoms with Crippen molar-refractivity contribution < 1.29 is 58.9 Å². The van der Waals surface area contributed by atoms with Crippen LogP contribution in [0.3, 0.4) is 0 Å². The molecule has 2 aliphatic heterocycles. The first-order valence-corrected chi connectivity index (χ1v) is 11.6. The first kappa shape index (κ1) is 28.3. The third-order valence-electron chi connectivity index (χ3n) is 6.95. The molecule has 202 valence electrons. The lowest BCUT2D eigenvalue weighted by Crippen LogP contribution is -2.75. The number of aliphatic hydroxyl groups is 2. The quantitative estimate of drug-likeness (QED) is 0.202. The van der Waals surface area contributed by atoms with E-state index in [9.17, 15) is 44.7 Å². The molecular formula is C25H30O12. The van der Waals surface area contributed by atoms with Crippen LogP contribution in [0.25, 0.3) is 0 Å². The van der Waals surface area contributed by atoms with Gasteiger partial charge < -0.3 is 39.7 Å². The Morgan fingerprint density at radius 2 is 1.76 bits per heavy atom. The Kier molecular flexibility index (Phi) is 7.80. The number of aliphatic hydroxyl groups excluding tert-OH is 1. The van der Waals surface area contributed by atoms with Crippen molar-refractivity contribution in [3.05, 3.63) is 48.0 Å². The van der Waals surface area contributed by atoms with E-state index < -0.39 is 65.6 Å². The molecule has 2 bridgehead atoms. The van der Waals surface area contributed by atoms with E-state index >= 15 is 0 Å². The smallest absolute Gasteiger partial charge is 0.342 e. The second kappa shape index (κ2) is 10.2. The van der Waals surface area contributed by atoms with Crippen molar-refractivity contribution in [1.29, 1.82) is 0 Å². The molecule has 1 aromatic carbocycles. The molecule has 7 atom stereocenters. The summed E-state index contributed by atoms with van der Waals surface area (Å²) in [6.45, 7) is 7.04. The Morgan fingerprint density at radius 1 is 1.14 bits per heavy atom. The highest BCUT2D eigenvalue weighted by molar-refractivity contribution is 5.97. The molecule has 12 heteroatoms. The molecule has 0 radical (unpaired) electrons. The number of carbonyl (C=O) groups excluding carboxylic acids is 1. The predicted molar refractivity (Wildman–Crippen MR) is 123 cm³/mol. The minimum atomic E-state index is -3.53. The summed E-state index contributed by atoms with van der Waals surface area (Å²) < 4.78 is 16.3. The van der Waals surface area contributed by atoms with Crippen LogP contribution in [0.1, 0.15) is 38.7 Å². The number of carbonyl (C=O) groups is 4. The van der Waals surface area contributed by atoms with Crippen LogP contribution in [0.15, 0.2) is 42.5 Å². The Bertz CT molecular complexity index is 1090. The zero-order valence-corrected chi connectivity index (χ0v) is 20.3. The molecule has 0 aliphatic carbocycles. The highest BCUT2D eigenvalue weighted by Gasteiger charge is 2.80. The molecule has 3 rings (SSSR count). The van der Waals surface area contributed by atoms with Crippen LogP contribution >= 0.6 is 0 Å². The average Bonchev–Trinajstić information content (AvgIpc) is 3.09. The number of esters is 1. The van der Waals surface area contributed by atoms with Crippen LogP contribution in [0.4, 0.5) is 0 Å². The topological polar surface area (TPSA) is 197 Å². The Balaban J connectivity index is 1.88. The fraction of sp³-hybridized carbons (Fsp3) is 0.520. The summed E-state index contributed by atoms with van der Waals surface area (Å²) in [4.78, 5) is 47.7. The summed E-state index contributed by atoms with van der Waals surface area (Å²) >= 11 is 0. The maximum absolute atomic E-state index is 12.2. The average molecular weight is 523 g/mol. The van der Waals surface area contributed by atoms with E-state index in [0.29, 0.717) is 12.0 Å². The van der Waals surface area contributed by atoms with E-state index in [-0.39, 0.29) is 18.8 Å². The molecule has 0 amide bonds. The fourth-order valence-corrected chi connectivity index (χ4v) is 5.10. The van der Waals surface area contributed by atoms with Gasteiger partial charge in [0.05, 0.1) is 0 Å². The van der Waals surface area contributed by atoms with Crippen molar-refractivity contribution in [3.8, 4) is 0 Å². The highest BCUT2D eigenvalue weighted by atomic mass is 16.8. The Labute approximate surface area is 212 Å². The first-order valence-electron chi connectivity index (χ1n) is 11.6. The lowest BCUT2D eigenvalue weighted by atomic mass is 9.76. The van der Waals surface area contributed by atoms with Crippen LogP contribution in [0.5, 0.6) is 0 Å². The van der Waals surface area contributed by atoms with Gasteiger partial charge in [-0.3, -0.25) is 4.79 Å². The monoisotopic (exact) mass is 522 g/mol. The van der Waals surface area contributed by atoms with Crippen LogP contribution in [0, 0.1) is 5.92 Å². The van der Waals surface area contributed by atoms with Gasteiger partial charge in [-0.2, -0.15) is 0 Å². The number of aliphatic carboxylic acids is 3. The van der Waals surface area contributed by atoms with Crippen molar-refractivity contribution in [3.63, 3.8) is 0 Å². The highest BCUT2D eigenvalue weighted by Crippen LogP contribution is 2.54. The summed E-state index contributed by atoms with van der Waals surface area (Å²) in [7, 11) is 0. The number of benzene rings is 1. The van der Waals surface area contributed by atoms with Gasteiger partial charge in [0.2, 0.25) is 17.3 Å². The molecule has 2 aliphatic rings. The normalized spacial score (nSPS) is 32.2. The molecule has 0 aromatic heterocycles. The molecule has 5 N–H and O–H groups in total. The molecule has 0 saturated carbocycles. The molecule has 2 heterocycles. The Hall–Kier alpha value is -3.32. The molecule has 12 nitrogen and oxygen atoms in total. The predicted octanol–water partition coefficient (Wildman–Crippen LogP) is 0.733. The van der Waals surface area contributed by atoms with Gasteiger partial charge in [-0.1, -0.05) is 43.8 Å². The van der Waals surface area contributed by atoms with Gasteiger partial charge in [-0.25, -0.2) is 14.4 Å². The first-order chi connectivity index (χ1) is 17.2. The molecular weight excluding hydrogens is 492 g/mol. The van der Waals surface area contributed by atoms with Crippen LogP contribution in [-0.2, 0) is 39.8 Å². The summed E-state index contributed by atoms with van der Waals surface area (Å²) in [6, 6.07) is 9.40. The minimum Gasteiger partial charge on any atom is -0.479 e. The van der Waals surface area contributed by atoms with Gasteiger partial charge in [-0.05, 0) is 24.0 Å². The third-order valence-corrected chi connectivity index (χ3v) is 6.95. The van der Waals surface area contributed by atoms with Crippen LogP contribution in [-0.4, -0.2) is 84.7 Å². The zero-order chi connectivity index (χ0) is 27.8. The van der Waals surface area contributed by atoms with E-state index in [4.69, 9.17) is 14.2 Å². The Morgan fingerprint density at radius 3 is 2.27 bits per heavy atom. The van der Waals surface area contributed by atoms with Gasteiger partial charge in [0.15, 0.2) is 5.79 Å². The van der Waals surface area contributed by atoms with Crippen molar-refractivity contribution in [2.45, 2.75) is 74.8 Å². The largest absolute Gasteiger partial charge is 0.479 e. The summed E-state index contributed by atoms with van der Waals surface area (Å²) in [5, 5.41) is 50.6. The summed E-state index contributed by atoms with van der Waals surface area (Å²) in [5.41, 5.74) is -5.21. The van der Waals surface area contributed by atoms with E-state index in [0.717, 1.165) is 5.56 Å². The van der Waals surface area contributed by atoms with Gasteiger partial charge in [0.25, 0.3) is 0 Å². The van der Waals surface area contributed by atoms with E-state index in [2.05, 4.69) is 6.58 Å². The van der Waals surface area contributed by atoms with E-state index in [1.165, 1.54) is 6.92 Å². The van der Waals surface area contributed by atoms with Gasteiger partial charge in [0, 0.05) is 25.7 Å². The third kappa shape index (κ3) is 4.85. The molecule has 37 heavy (non-hydrogen) atoms.